The van der Waals surface area contributed by atoms with Crippen molar-refractivity contribution in [2.75, 3.05) is 6.54 Å². The quantitative estimate of drug-likeness (QED) is 0.675. The van der Waals surface area contributed by atoms with Crippen LogP contribution in [0.5, 0.6) is 0 Å². The number of nitrogens with zero attached hydrogens (tertiary/aromatic N) is 2. The van der Waals surface area contributed by atoms with Crippen molar-refractivity contribution in [2.24, 2.45) is 28.6 Å². The molecule has 6 atom stereocenters. The van der Waals surface area contributed by atoms with Crippen molar-refractivity contribution < 1.29 is 6.22 Å². The highest BCUT2D eigenvalue weighted by molar-refractivity contribution is 5.72. The minimum Gasteiger partial charge on any atom is -0.342 e. The molecular weight excluding hydrogens is 332 g/mol. The van der Waals surface area contributed by atoms with E-state index in [0.29, 0.717) is 16.9 Å². The Labute approximate surface area is 164 Å². The van der Waals surface area contributed by atoms with Gasteiger partial charge >= 0.3 is 0 Å². The van der Waals surface area contributed by atoms with E-state index in [0.717, 1.165) is 30.7 Å². The average molecular weight is 367 g/mol. The lowest BCUT2D eigenvalue weighted by molar-refractivity contribution is -0.142. The summed E-state index contributed by atoms with van der Waals surface area (Å²) in [6, 6.07) is 4.78. The summed E-state index contributed by atoms with van der Waals surface area (Å²) >= 11 is 0. The van der Waals surface area contributed by atoms with Crippen LogP contribution < -0.4 is 0 Å². The number of piperidine rings is 1. The lowest BCUT2D eigenvalue weighted by atomic mass is 9.46. The smallest absolute Gasteiger partial charge is 0.209 e. The molecule has 2 heterocycles. The Kier molecular flexibility index (Phi) is 4.00. The van der Waals surface area contributed by atoms with Crippen molar-refractivity contribution in [1.29, 1.82) is 0 Å². The highest BCUT2D eigenvalue weighted by Crippen LogP contribution is 2.66. The van der Waals surface area contributed by atoms with Gasteiger partial charge in [-0.05, 0) is 90.7 Å². The summed E-state index contributed by atoms with van der Waals surface area (Å²) in [5.74, 6) is 2.34. The van der Waals surface area contributed by atoms with E-state index in [-0.39, 0.29) is 1.43 Å². The molecule has 1 amide bonds. The van der Waals surface area contributed by atoms with Gasteiger partial charge in [0, 0.05) is 26.4 Å². The van der Waals surface area contributed by atoms with E-state index in [1.807, 2.05) is 12.4 Å². The SMILES string of the molecule is C[C@]12CCCN(C=O)C1CC[C@@H]1C2CC[C@]2(C)C(c3cccnc3)=CCC12.[HH]. The Morgan fingerprint density at radius 1 is 1.22 bits per heavy atom. The van der Waals surface area contributed by atoms with Gasteiger partial charge in [0.25, 0.3) is 0 Å². The lowest BCUT2D eigenvalue weighted by Crippen LogP contribution is -2.60. The molecule has 0 bridgehead atoms. The number of aromatic nitrogens is 1. The van der Waals surface area contributed by atoms with Crippen molar-refractivity contribution in [3.8, 4) is 0 Å². The number of hydrogen-bond donors (Lipinski definition) is 0. The van der Waals surface area contributed by atoms with Crippen LogP contribution in [0.15, 0.2) is 30.6 Å². The zero-order valence-corrected chi connectivity index (χ0v) is 16.7. The summed E-state index contributed by atoms with van der Waals surface area (Å²) in [7, 11) is 0. The third-order valence-electron chi connectivity index (χ3n) is 9.04. The van der Waals surface area contributed by atoms with Gasteiger partial charge in [0.05, 0.1) is 0 Å². The molecule has 1 aliphatic heterocycles. The summed E-state index contributed by atoms with van der Waals surface area (Å²) in [4.78, 5) is 18.2. The predicted molar refractivity (Wildman–Crippen MR) is 110 cm³/mol. The minimum atomic E-state index is 0. The molecule has 0 spiro atoms. The largest absolute Gasteiger partial charge is 0.342 e. The molecule has 3 heteroatoms. The zero-order chi connectivity index (χ0) is 18.6. The number of fused-ring (bicyclic) bond motifs is 5. The van der Waals surface area contributed by atoms with Gasteiger partial charge < -0.3 is 4.90 Å². The molecular formula is C24H34N2O. The molecule has 146 valence electrons. The van der Waals surface area contributed by atoms with Crippen LogP contribution in [0.1, 0.15) is 65.8 Å². The topological polar surface area (TPSA) is 33.2 Å². The molecule has 0 radical (unpaired) electrons. The number of rotatable bonds is 2. The van der Waals surface area contributed by atoms with Crippen molar-refractivity contribution in [3.63, 3.8) is 0 Å². The molecule has 2 saturated carbocycles. The van der Waals surface area contributed by atoms with Gasteiger partial charge in [0.15, 0.2) is 0 Å². The van der Waals surface area contributed by atoms with Gasteiger partial charge in [-0.15, -0.1) is 0 Å². The van der Waals surface area contributed by atoms with Crippen LogP contribution in [0.2, 0.25) is 0 Å². The summed E-state index contributed by atoms with van der Waals surface area (Å²) in [5.41, 5.74) is 3.49. The van der Waals surface area contributed by atoms with Crippen LogP contribution in [0.3, 0.4) is 0 Å². The lowest BCUT2D eigenvalue weighted by Gasteiger charge is -2.61. The third-order valence-corrected chi connectivity index (χ3v) is 9.04. The van der Waals surface area contributed by atoms with E-state index >= 15 is 0 Å². The van der Waals surface area contributed by atoms with Crippen LogP contribution in [0, 0.1) is 28.6 Å². The average Bonchev–Trinajstić information content (AvgIpc) is 3.05. The second-order valence-electron chi connectivity index (χ2n) is 9.97. The first kappa shape index (κ1) is 17.5. The van der Waals surface area contributed by atoms with E-state index in [9.17, 15) is 4.79 Å². The van der Waals surface area contributed by atoms with Crippen LogP contribution in [-0.2, 0) is 4.79 Å². The summed E-state index contributed by atoms with van der Waals surface area (Å²) in [6.07, 6.45) is 16.4. The second-order valence-corrected chi connectivity index (χ2v) is 9.97. The maximum Gasteiger partial charge on any atom is 0.209 e. The minimum absolute atomic E-state index is 0. The summed E-state index contributed by atoms with van der Waals surface area (Å²) in [5, 5.41) is 0. The van der Waals surface area contributed by atoms with Crippen LogP contribution in [0.4, 0.5) is 0 Å². The Morgan fingerprint density at radius 2 is 2.11 bits per heavy atom. The fourth-order valence-electron chi connectivity index (χ4n) is 7.79. The van der Waals surface area contributed by atoms with E-state index in [1.54, 1.807) is 5.57 Å². The Balaban J connectivity index is 0.00000192. The highest BCUT2D eigenvalue weighted by Gasteiger charge is 2.59. The molecule has 27 heavy (non-hydrogen) atoms. The first-order valence-electron chi connectivity index (χ1n) is 10.9. The van der Waals surface area contributed by atoms with E-state index in [2.05, 4.69) is 41.9 Å². The van der Waals surface area contributed by atoms with Gasteiger partial charge in [-0.2, -0.15) is 0 Å². The highest BCUT2D eigenvalue weighted by atomic mass is 16.1. The fourth-order valence-corrected chi connectivity index (χ4v) is 7.79. The first-order chi connectivity index (χ1) is 13.1. The molecule has 3 fully saturated rings. The number of pyridine rings is 1. The number of allylic oxidation sites excluding steroid dienone is 2. The number of likely N-dealkylation sites (tertiary alicyclic amines) is 1. The normalized spacial score (nSPS) is 43.3. The standard InChI is InChI=1S/C24H32N2O.H2/c1-23-12-10-21-18(6-9-22-24(21,2)11-4-14-26(22)16-27)20(23)8-7-19(23)17-5-3-13-25-15-17;/h3,5,7,13,15-16,18,20-22H,4,6,8-12,14H2,1-2H3;1H/t18-,20?,21?,22?,23+,24+;/m0./s1. The zero-order valence-electron chi connectivity index (χ0n) is 16.7. The summed E-state index contributed by atoms with van der Waals surface area (Å²) in [6.45, 7) is 6.00. The molecule has 4 aliphatic rings. The molecule has 3 unspecified atom stereocenters. The number of carbonyl (C=O) groups excluding carboxylic acids is 1. The van der Waals surface area contributed by atoms with E-state index in [4.69, 9.17) is 0 Å². The molecule has 1 saturated heterocycles. The Morgan fingerprint density at radius 3 is 2.89 bits per heavy atom. The molecule has 3 aliphatic carbocycles. The second kappa shape index (κ2) is 6.18. The monoisotopic (exact) mass is 366 g/mol. The van der Waals surface area contributed by atoms with Crippen molar-refractivity contribution in [2.45, 2.75) is 64.8 Å². The van der Waals surface area contributed by atoms with Gasteiger partial charge in [-0.3, -0.25) is 9.78 Å². The van der Waals surface area contributed by atoms with E-state index in [1.165, 1.54) is 50.5 Å². The summed E-state index contributed by atoms with van der Waals surface area (Å²) < 4.78 is 0. The molecule has 5 rings (SSSR count). The predicted octanol–water partition coefficient (Wildman–Crippen LogP) is 5.18. The molecule has 0 aromatic carbocycles. The molecule has 0 N–H and O–H groups in total. The van der Waals surface area contributed by atoms with Gasteiger partial charge in [-0.25, -0.2) is 0 Å². The molecule has 1 aromatic heterocycles. The van der Waals surface area contributed by atoms with Crippen molar-refractivity contribution in [1.82, 2.24) is 9.88 Å². The number of hydrogen-bond acceptors (Lipinski definition) is 2. The van der Waals surface area contributed by atoms with Gasteiger partial charge in [-0.1, -0.05) is 26.0 Å². The Bertz CT molecular complexity index is 765. The number of amides is 1. The first-order valence-corrected chi connectivity index (χ1v) is 10.9. The van der Waals surface area contributed by atoms with Crippen LogP contribution in [-0.4, -0.2) is 28.9 Å². The van der Waals surface area contributed by atoms with Crippen molar-refractivity contribution >= 4 is 12.0 Å². The fraction of sp³-hybridized carbons (Fsp3) is 0.667. The van der Waals surface area contributed by atoms with Crippen molar-refractivity contribution in [3.05, 3.63) is 36.2 Å². The molecule has 3 nitrogen and oxygen atoms in total. The van der Waals surface area contributed by atoms with Gasteiger partial charge in [0.1, 0.15) is 0 Å². The van der Waals surface area contributed by atoms with Gasteiger partial charge in [0.2, 0.25) is 6.41 Å². The maximum absolute atomic E-state index is 11.7. The third kappa shape index (κ3) is 2.39. The van der Waals surface area contributed by atoms with E-state index < -0.39 is 0 Å². The Hall–Kier alpha value is -1.64. The van der Waals surface area contributed by atoms with Crippen LogP contribution in [0.25, 0.3) is 5.57 Å². The maximum atomic E-state index is 11.7. The number of carbonyl (C=O) groups is 1. The molecule has 1 aromatic rings. The van der Waals surface area contributed by atoms with Crippen LogP contribution >= 0.6 is 0 Å².